The molecule has 27 heavy (non-hydrogen) atoms. The molecule has 0 radical (unpaired) electrons. The van der Waals surface area contributed by atoms with Crippen molar-refractivity contribution < 1.29 is 4.79 Å². The molecule has 2 aliphatic heterocycles. The number of rotatable bonds is 6. The normalized spacial score (nSPS) is 18.9. The zero-order valence-electron chi connectivity index (χ0n) is 15.6. The predicted molar refractivity (Wildman–Crippen MR) is 98.4 cm³/mol. The highest BCUT2D eigenvalue weighted by Gasteiger charge is 2.23. The van der Waals surface area contributed by atoms with Crippen molar-refractivity contribution in [1.82, 2.24) is 39.9 Å². The van der Waals surface area contributed by atoms with Gasteiger partial charge in [0, 0.05) is 45.1 Å². The summed E-state index contributed by atoms with van der Waals surface area (Å²) in [6.07, 6.45) is 6.14. The number of carbonyl (C=O) groups is 1. The Labute approximate surface area is 159 Å². The Morgan fingerprint density at radius 2 is 1.78 bits per heavy atom. The molecule has 4 heterocycles. The van der Waals surface area contributed by atoms with Crippen molar-refractivity contribution in [2.24, 2.45) is 0 Å². The Morgan fingerprint density at radius 1 is 1.00 bits per heavy atom. The standard InChI is InChI=1S/C18H26N8O/c27-18(15-26-17(20-21-22-26)14-23-6-1-2-7-23)25-10-8-24(9-11-25)13-16-4-3-5-19-12-16/h3-5,12H,1-2,6-11,13-15H2. The first-order valence-corrected chi connectivity index (χ1v) is 9.64. The van der Waals surface area contributed by atoms with Gasteiger partial charge in [-0.2, -0.15) is 0 Å². The van der Waals surface area contributed by atoms with Crippen LogP contribution in [0.5, 0.6) is 0 Å². The second kappa shape index (κ2) is 8.53. The molecule has 9 heteroatoms. The first-order valence-electron chi connectivity index (χ1n) is 9.64. The van der Waals surface area contributed by atoms with E-state index in [-0.39, 0.29) is 12.5 Å². The molecule has 0 spiro atoms. The van der Waals surface area contributed by atoms with Gasteiger partial charge in [0.25, 0.3) is 0 Å². The van der Waals surface area contributed by atoms with Gasteiger partial charge in [-0.05, 0) is 48.0 Å². The van der Waals surface area contributed by atoms with Crippen molar-refractivity contribution in [3.8, 4) is 0 Å². The molecule has 0 aromatic carbocycles. The van der Waals surface area contributed by atoms with Crippen LogP contribution < -0.4 is 0 Å². The van der Waals surface area contributed by atoms with Crippen LogP contribution in [-0.4, -0.2) is 85.1 Å². The van der Waals surface area contributed by atoms with Gasteiger partial charge in [0.2, 0.25) is 5.91 Å². The van der Waals surface area contributed by atoms with E-state index in [9.17, 15) is 4.79 Å². The third kappa shape index (κ3) is 4.67. The van der Waals surface area contributed by atoms with Gasteiger partial charge >= 0.3 is 0 Å². The van der Waals surface area contributed by atoms with Gasteiger partial charge in [-0.3, -0.25) is 19.6 Å². The molecule has 0 N–H and O–H groups in total. The lowest BCUT2D eigenvalue weighted by Gasteiger charge is -2.34. The lowest BCUT2D eigenvalue weighted by atomic mass is 10.2. The third-order valence-corrected chi connectivity index (χ3v) is 5.31. The minimum atomic E-state index is 0.0889. The lowest BCUT2D eigenvalue weighted by Crippen LogP contribution is -2.49. The van der Waals surface area contributed by atoms with Gasteiger partial charge in [-0.15, -0.1) is 5.10 Å². The van der Waals surface area contributed by atoms with E-state index < -0.39 is 0 Å². The monoisotopic (exact) mass is 370 g/mol. The number of piperazine rings is 1. The number of amides is 1. The molecule has 1 amide bonds. The van der Waals surface area contributed by atoms with Crippen LogP contribution in [0.1, 0.15) is 24.2 Å². The highest BCUT2D eigenvalue weighted by molar-refractivity contribution is 5.76. The zero-order valence-corrected chi connectivity index (χ0v) is 15.6. The quantitative estimate of drug-likeness (QED) is 0.708. The van der Waals surface area contributed by atoms with E-state index in [0.717, 1.165) is 58.2 Å². The second-order valence-electron chi connectivity index (χ2n) is 7.25. The SMILES string of the molecule is O=C(Cn1nnnc1CN1CCCC1)N1CCN(Cc2cccnc2)CC1. The minimum Gasteiger partial charge on any atom is -0.339 e. The lowest BCUT2D eigenvalue weighted by molar-refractivity contribution is -0.133. The van der Waals surface area contributed by atoms with E-state index >= 15 is 0 Å². The second-order valence-corrected chi connectivity index (χ2v) is 7.25. The summed E-state index contributed by atoms with van der Waals surface area (Å²) < 4.78 is 1.66. The first-order chi connectivity index (χ1) is 13.3. The summed E-state index contributed by atoms with van der Waals surface area (Å²) in [7, 11) is 0. The summed E-state index contributed by atoms with van der Waals surface area (Å²) in [6, 6.07) is 4.05. The van der Waals surface area contributed by atoms with Crippen LogP contribution in [0.4, 0.5) is 0 Å². The average molecular weight is 370 g/mol. The van der Waals surface area contributed by atoms with E-state index in [4.69, 9.17) is 0 Å². The molecule has 144 valence electrons. The number of tetrazole rings is 1. The molecule has 0 bridgehead atoms. The summed E-state index contributed by atoms with van der Waals surface area (Å²) >= 11 is 0. The Morgan fingerprint density at radius 3 is 2.52 bits per heavy atom. The fourth-order valence-electron chi connectivity index (χ4n) is 3.73. The van der Waals surface area contributed by atoms with E-state index in [2.05, 4.69) is 36.4 Å². The molecule has 2 saturated heterocycles. The summed E-state index contributed by atoms with van der Waals surface area (Å²) in [4.78, 5) is 23.5. The number of likely N-dealkylation sites (tertiary alicyclic amines) is 1. The average Bonchev–Trinajstić information content (AvgIpc) is 3.36. The zero-order chi connectivity index (χ0) is 18.5. The molecule has 0 unspecified atom stereocenters. The van der Waals surface area contributed by atoms with Crippen molar-refractivity contribution in [2.45, 2.75) is 32.5 Å². The Bertz CT molecular complexity index is 735. The van der Waals surface area contributed by atoms with Crippen LogP contribution in [0.3, 0.4) is 0 Å². The van der Waals surface area contributed by atoms with Crippen LogP contribution >= 0.6 is 0 Å². The number of hydrogen-bond acceptors (Lipinski definition) is 7. The third-order valence-electron chi connectivity index (χ3n) is 5.31. The van der Waals surface area contributed by atoms with Gasteiger partial charge in [-0.1, -0.05) is 6.07 Å². The van der Waals surface area contributed by atoms with Crippen molar-refractivity contribution in [1.29, 1.82) is 0 Å². The Kier molecular flexibility index (Phi) is 5.69. The Balaban J connectivity index is 1.27. The van der Waals surface area contributed by atoms with E-state index in [0.29, 0.717) is 0 Å². The minimum absolute atomic E-state index is 0.0889. The molecule has 2 fully saturated rings. The maximum absolute atomic E-state index is 12.7. The van der Waals surface area contributed by atoms with Gasteiger partial charge in [0.1, 0.15) is 6.54 Å². The van der Waals surface area contributed by atoms with Gasteiger partial charge in [0.15, 0.2) is 5.82 Å². The molecular weight excluding hydrogens is 344 g/mol. The molecule has 9 nitrogen and oxygen atoms in total. The molecular formula is C18H26N8O. The highest BCUT2D eigenvalue weighted by Crippen LogP contribution is 2.12. The molecule has 2 aliphatic rings. The number of pyridine rings is 1. The summed E-state index contributed by atoms with van der Waals surface area (Å²) in [5.74, 6) is 0.867. The molecule has 0 saturated carbocycles. The molecule has 0 aliphatic carbocycles. The number of nitrogens with zero attached hydrogens (tertiary/aromatic N) is 8. The Hall–Kier alpha value is -2.39. The molecule has 4 rings (SSSR count). The summed E-state index contributed by atoms with van der Waals surface area (Å²) in [5, 5.41) is 11.9. The van der Waals surface area contributed by atoms with Crippen LogP contribution in [-0.2, 0) is 24.4 Å². The van der Waals surface area contributed by atoms with Crippen molar-refractivity contribution in [2.75, 3.05) is 39.3 Å². The van der Waals surface area contributed by atoms with Crippen molar-refractivity contribution in [3.63, 3.8) is 0 Å². The number of carbonyl (C=O) groups excluding carboxylic acids is 1. The van der Waals surface area contributed by atoms with E-state index in [1.165, 1.54) is 18.4 Å². The van der Waals surface area contributed by atoms with E-state index in [1.807, 2.05) is 17.2 Å². The maximum Gasteiger partial charge on any atom is 0.244 e. The number of hydrogen-bond donors (Lipinski definition) is 0. The van der Waals surface area contributed by atoms with Gasteiger partial charge in [-0.25, -0.2) is 4.68 Å². The number of aromatic nitrogens is 5. The molecule has 0 atom stereocenters. The van der Waals surface area contributed by atoms with Crippen LogP contribution in [0.2, 0.25) is 0 Å². The highest BCUT2D eigenvalue weighted by atomic mass is 16.2. The van der Waals surface area contributed by atoms with Crippen molar-refractivity contribution >= 4 is 5.91 Å². The fourth-order valence-corrected chi connectivity index (χ4v) is 3.73. The van der Waals surface area contributed by atoms with Crippen LogP contribution in [0, 0.1) is 0 Å². The molecule has 2 aromatic rings. The molecule has 2 aromatic heterocycles. The van der Waals surface area contributed by atoms with Crippen LogP contribution in [0.25, 0.3) is 0 Å². The maximum atomic E-state index is 12.7. The largest absolute Gasteiger partial charge is 0.339 e. The fraction of sp³-hybridized carbons (Fsp3) is 0.611. The van der Waals surface area contributed by atoms with Gasteiger partial charge < -0.3 is 4.90 Å². The topological polar surface area (TPSA) is 83.3 Å². The van der Waals surface area contributed by atoms with Gasteiger partial charge in [0.05, 0.1) is 6.54 Å². The van der Waals surface area contributed by atoms with E-state index in [1.54, 1.807) is 10.9 Å². The van der Waals surface area contributed by atoms with Crippen molar-refractivity contribution in [3.05, 3.63) is 35.9 Å². The first kappa shape index (κ1) is 18.0. The predicted octanol–water partition coefficient (Wildman–Crippen LogP) is 0.00830. The van der Waals surface area contributed by atoms with Crippen LogP contribution in [0.15, 0.2) is 24.5 Å². The summed E-state index contributed by atoms with van der Waals surface area (Å²) in [5.41, 5.74) is 1.21. The summed E-state index contributed by atoms with van der Waals surface area (Å²) in [6.45, 7) is 7.21. The smallest absolute Gasteiger partial charge is 0.244 e.